The molecule has 0 unspecified atom stereocenters. The molecule has 2 aromatic heterocycles. The van der Waals surface area contributed by atoms with E-state index < -0.39 is 17.6 Å². The largest absolute Gasteiger partial charge is 0.418 e. The highest BCUT2D eigenvalue weighted by atomic mass is 32.1. The Kier molecular flexibility index (Phi) is 4.03. The number of anilines is 2. The maximum atomic E-state index is 13.0. The van der Waals surface area contributed by atoms with Crippen molar-refractivity contribution >= 4 is 38.8 Å². The molecule has 9 heteroatoms. The van der Waals surface area contributed by atoms with Gasteiger partial charge in [0.1, 0.15) is 9.71 Å². The number of benzene rings is 1. The number of amides is 1. The lowest BCUT2D eigenvalue weighted by molar-refractivity contribution is -0.136. The molecule has 25 heavy (non-hydrogen) atoms. The molecule has 0 aliphatic rings. The minimum atomic E-state index is -4.60. The maximum absolute atomic E-state index is 13.0. The Bertz CT molecular complexity index is 1040. The van der Waals surface area contributed by atoms with Gasteiger partial charge in [0, 0.05) is 11.5 Å². The summed E-state index contributed by atoms with van der Waals surface area (Å²) in [6.45, 7) is 1.67. The molecule has 2 heterocycles. The van der Waals surface area contributed by atoms with E-state index in [0.29, 0.717) is 15.8 Å². The van der Waals surface area contributed by atoms with Crippen molar-refractivity contribution < 1.29 is 18.0 Å². The third-order valence-electron chi connectivity index (χ3n) is 3.61. The summed E-state index contributed by atoms with van der Waals surface area (Å²) < 4.78 is 39.1. The van der Waals surface area contributed by atoms with Crippen LogP contribution in [0.3, 0.4) is 0 Å². The Balaban J connectivity index is 2.04. The van der Waals surface area contributed by atoms with E-state index in [9.17, 15) is 22.8 Å². The minimum Gasteiger partial charge on any atom is -0.397 e. The average Bonchev–Trinajstić information content (AvgIpc) is 2.83. The molecule has 0 saturated heterocycles. The molecule has 0 spiro atoms. The van der Waals surface area contributed by atoms with E-state index in [-0.39, 0.29) is 21.8 Å². The summed E-state index contributed by atoms with van der Waals surface area (Å²) in [5.41, 5.74) is 5.02. The highest BCUT2D eigenvalue weighted by molar-refractivity contribution is 7.21. The van der Waals surface area contributed by atoms with E-state index in [1.807, 2.05) is 0 Å². The van der Waals surface area contributed by atoms with Crippen molar-refractivity contribution in [3.8, 4) is 0 Å². The van der Waals surface area contributed by atoms with Crippen molar-refractivity contribution in [2.24, 2.45) is 0 Å². The zero-order valence-corrected chi connectivity index (χ0v) is 13.6. The standard InChI is InChI=1S/C16H12F3N3O2S/c1-7-6-10(23)22-15-11(7)12(20)13(25-15)14(24)21-9-5-3-2-4-8(9)16(17,18)19/h2-6H,20H2,1H3,(H,21,24)(H,22,23). The number of alkyl halides is 3. The molecule has 0 saturated carbocycles. The van der Waals surface area contributed by atoms with Crippen molar-refractivity contribution in [2.45, 2.75) is 13.1 Å². The molecule has 5 nitrogen and oxygen atoms in total. The van der Waals surface area contributed by atoms with Crippen LogP contribution in [0.4, 0.5) is 24.5 Å². The summed E-state index contributed by atoms with van der Waals surface area (Å²) in [5.74, 6) is -0.768. The van der Waals surface area contributed by atoms with E-state index >= 15 is 0 Å². The Labute approximate surface area is 143 Å². The Morgan fingerprint density at radius 2 is 1.96 bits per heavy atom. The number of nitrogen functional groups attached to an aromatic ring is 1. The molecular formula is C16H12F3N3O2S. The molecule has 0 atom stereocenters. The molecule has 0 fully saturated rings. The Hall–Kier alpha value is -2.81. The predicted octanol–water partition coefficient (Wildman–Crippen LogP) is 3.75. The van der Waals surface area contributed by atoms with Crippen LogP contribution in [0.1, 0.15) is 20.8 Å². The molecular weight excluding hydrogens is 355 g/mol. The van der Waals surface area contributed by atoms with Crippen LogP contribution in [0.25, 0.3) is 10.2 Å². The summed E-state index contributed by atoms with van der Waals surface area (Å²) in [5, 5.41) is 2.76. The highest BCUT2D eigenvalue weighted by Gasteiger charge is 2.34. The summed E-state index contributed by atoms with van der Waals surface area (Å²) in [4.78, 5) is 27.0. The quantitative estimate of drug-likeness (QED) is 0.645. The average molecular weight is 367 g/mol. The van der Waals surface area contributed by atoms with E-state index in [4.69, 9.17) is 5.73 Å². The fourth-order valence-corrected chi connectivity index (χ4v) is 3.61. The van der Waals surface area contributed by atoms with Gasteiger partial charge in [-0.15, -0.1) is 11.3 Å². The van der Waals surface area contributed by atoms with Gasteiger partial charge >= 0.3 is 6.18 Å². The van der Waals surface area contributed by atoms with Crippen LogP contribution in [0, 0.1) is 6.92 Å². The highest BCUT2D eigenvalue weighted by Crippen LogP contribution is 2.37. The number of para-hydroxylation sites is 1. The molecule has 0 aliphatic carbocycles. The number of aromatic nitrogens is 1. The van der Waals surface area contributed by atoms with Gasteiger partial charge in [-0.3, -0.25) is 9.59 Å². The van der Waals surface area contributed by atoms with Crippen molar-refractivity contribution in [1.29, 1.82) is 0 Å². The summed E-state index contributed by atoms with van der Waals surface area (Å²) >= 11 is 0.919. The van der Waals surface area contributed by atoms with Crippen molar-refractivity contribution in [2.75, 3.05) is 11.1 Å². The molecule has 1 amide bonds. The van der Waals surface area contributed by atoms with Gasteiger partial charge < -0.3 is 16.0 Å². The van der Waals surface area contributed by atoms with Gasteiger partial charge in [-0.2, -0.15) is 13.2 Å². The number of hydrogen-bond donors (Lipinski definition) is 3. The lowest BCUT2D eigenvalue weighted by Gasteiger charge is -2.13. The Morgan fingerprint density at radius 1 is 1.28 bits per heavy atom. The number of carbonyl (C=O) groups is 1. The number of nitrogens with one attached hydrogen (secondary N) is 2. The first-order valence-corrected chi connectivity index (χ1v) is 7.89. The van der Waals surface area contributed by atoms with Gasteiger partial charge in [-0.05, 0) is 24.6 Å². The van der Waals surface area contributed by atoms with Crippen LogP contribution >= 0.6 is 11.3 Å². The van der Waals surface area contributed by atoms with Crippen molar-refractivity contribution in [3.05, 3.63) is 56.7 Å². The molecule has 0 bridgehead atoms. The van der Waals surface area contributed by atoms with Gasteiger partial charge in [-0.25, -0.2) is 0 Å². The van der Waals surface area contributed by atoms with Crippen molar-refractivity contribution in [1.82, 2.24) is 4.98 Å². The SMILES string of the molecule is Cc1cc(=O)[nH]c2sc(C(=O)Nc3ccccc3C(F)(F)F)c(N)c12. The molecule has 1 aromatic carbocycles. The smallest absolute Gasteiger partial charge is 0.397 e. The number of carbonyl (C=O) groups excluding carboxylic acids is 1. The predicted molar refractivity (Wildman–Crippen MR) is 91.0 cm³/mol. The second-order valence-electron chi connectivity index (χ2n) is 5.36. The number of aryl methyl sites for hydroxylation is 1. The normalized spacial score (nSPS) is 11.7. The Morgan fingerprint density at radius 3 is 2.64 bits per heavy atom. The topological polar surface area (TPSA) is 88.0 Å². The zero-order chi connectivity index (χ0) is 18.4. The van der Waals surface area contributed by atoms with E-state index in [1.54, 1.807) is 6.92 Å². The molecule has 4 N–H and O–H groups in total. The summed E-state index contributed by atoms with van der Waals surface area (Å²) in [7, 11) is 0. The van der Waals surface area contributed by atoms with Crippen LogP contribution in [0.2, 0.25) is 0 Å². The third-order valence-corrected chi connectivity index (χ3v) is 4.73. The van der Waals surface area contributed by atoms with Gasteiger partial charge in [0.25, 0.3) is 5.91 Å². The van der Waals surface area contributed by atoms with Gasteiger partial charge in [-0.1, -0.05) is 12.1 Å². The molecule has 130 valence electrons. The fraction of sp³-hybridized carbons (Fsp3) is 0.125. The molecule has 3 rings (SSSR count). The number of hydrogen-bond acceptors (Lipinski definition) is 4. The number of rotatable bonds is 2. The number of thiophene rings is 1. The van der Waals surface area contributed by atoms with Crippen LogP contribution in [0.15, 0.2) is 35.1 Å². The number of nitrogens with two attached hydrogens (primary N) is 1. The van der Waals surface area contributed by atoms with Crippen LogP contribution < -0.4 is 16.6 Å². The lowest BCUT2D eigenvalue weighted by atomic mass is 10.1. The lowest BCUT2D eigenvalue weighted by Crippen LogP contribution is -2.16. The maximum Gasteiger partial charge on any atom is 0.418 e. The second-order valence-corrected chi connectivity index (χ2v) is 6.38. The molecule has 0 aliphatic heterocycles. The first-order chi connectivity index (χ1) is 11.7. The van der Waals surface area contributed by atoms with Gasteiger partial charge in [0.15, 0.2) is 0 Å². The molecule has 0 radical (unpaired) electrons. The van der Waals surface area contributed by atoms with E-state index in [1.165, 1.54) is 18.2 Å². The second kappa shape index (κ2) is 5.92. The third kappa shape index (κ3) is 3.10. The van der Waals surface area contributed by atoms with Crippen LogP contribution in [-0.2, 0) is 6.18 Å². The summed E-state index contributed by atoms with van der Waals surface area (Å²) in [6.07, 6.45) is -4.60. The fourth-order valence-electron chi connectivity index (χ4n) is 2.53. The van der Waals surface area contributed by atoms with Crippen LogP contribution in [0.5, 0.6) is 0 Å². The molecule has 3 aromatic rings. The number of fused-ring (bicyclic) bond motifs is 1. The minimum absolute atomic E-state index is 0.0388. The monoisotopic (exact) mass is 367 g/mol. The first-order valence-electron chi connectivity index (χ1n) is 7.08. The van der Waals surface area contributed by atoms with Gasteiger partial charge in [0.2, 0.25) is 5.56 Å². The van der Waals surface area contributed by atoms with Crippen molar-refractivity contribution in [3.63, 3.8) is 0 Å². The van der Waals surface area contributed by atoms with E-state index in [2.05, 4.69) is 10.3 Å². The van der Waals surface area contributed by atoms with Crippen LogP contribution in [-0.4, -0.2) is 10.9 Å². The van der Waals surface area contributed by atoms with E-state index in [0.717, 1.165) is 23.5 Å². The number of halogens is 3. The number of aromatic amines is 1. The van der Waals surface area contributed by atoms with Gasteiger partial charge in [0.05, 0.1) is 16.9 Å². The number of H-pyrrole nitrogens is 1. The summed E-state index contributed by atoms with van der Waals surface area (Å²) in [6, 6.07) is 6.01. The number of pyridine rings is 1. The first kappa shape index (κ1) is 17.0. The zero-order valence-electron chi connectivity index (χ0n) is 12.8.